The van der Waals surface area contributed by atoms with Crippen LogP contribution in [0.1, 0.15) is 10.9 Å². The van der Waals surface area contributed by atoms with Crippen molar-refractivity contribution >= 4 is 23.1 Å². The third-order valence-electron chi connectivity index (χ3n) is 3.94. The summed E-state index contributed by atoms with van der Waals surface area (Å²) in [6.45, 7) is 3.52. The molecule has 1 aromatic heterocycles. The smallest absolute Gasteiger partial charge is 0.319 e. The van der Waals surface area contributed by atoms with E-state index in [1.807, 2.05) is 11.4 Å². The van der Waals surface area contributed by atoms with E-state index in [1.165, 1.54) is 17.0 Å². The highest BCUT2D eigenvalue weighted by Gasteiger charge is 2.24. The average molecular weight is 349 g/mol. The molecule has 2 heterocycles. The first kappa shape index (κ1) is 16.9. The molecule has 24 heavy (non-hydrogen) atoms. The minimum absolute atomic E-state index is 0.0975. The Bertz CT molecular complexity index is 660. The molecule has 2 amide bonds. The first-order valence-electron chi connectivity index (χ1n) is 7.88. The van der Waals surface area contributed by atoms with Crippen molar-refractivity contribution < 1.29 is 13.9 Å². The van der Waals surface area contributed by atoms with E-state index in [0.29, 0.717) is 19.8 Å². The maximum atomic E-state index is 13.6. The molecule has 0 bridgehead atoms. The highest BCUT2D eigenvalue weighted by atomic mass is 32.1. The molecule has 2 aromatic rings. The van der Waals surface area contributed by atoms with E-state index in [4.69, 9.17) is 4.74 Å². The highest BCUT2D eigenvalue weighted by Crippen LogP contribution is 2.25. The first-order valence-corrected chi connectivity index (χ1v) is 8.76. The van der Waals surface area contributed by atoms with Crippen molar-refractivity contribution in [1.82, 2.24) is 10.2 Å². The first-order chi connectivity index (χ1) is 11.7. The van der Waals surface area contributed by atoms with Crippen molar-refractivity contribution in [3.63, 3.8) is 0 Å². The second-order valence-electron chi connectivity index (χ2n) is 5.49. The fraction of sp³-hybridized carbons (Fsp3) is 0.353. The molecule has 0 aliphatic carbocycles. The van der Waals surface area contributed by atoms with Crippen molar-refractivity contribution in [2.24, 2.45) is 0 Å². The van der Waals surface area contributed by atoms with Crippen LogP contribution in [0.3, 0.4) is 0 Å². The van der Waals surface area contributed by atoms with Crippen LogP contribution in [-0.4, -0.2) is 43.8 Å². The molecule has 1 atom stereocenters. The SMILES string of the molecule is O=C(NCC(c1cccs1)N1CCOCC1)Nc1ccccc1F. The number of hydrogen-bond donors (Lipinski definition) is 2. The van der Waals surface area contributed by atoms with Crippen molar-refractivity contribution in [3.8, 4) is 0 Å². The summed E-state index contributed by atoms with van der Waals surface area (Å²) in [6.07, 6.45) is 0. The Kier molecular flexibility index (Phi) is 5.79. The minimum Gasteiger partial charge on any atom is -0.379 e. The fourth-order valence-electron chi connectivity index (χ4n) is 2.70. The van der Waals surface area contributed by atoms with Gasteiger partial charge in [-0.25, -0.2) is 9.18 Å². The predicted octanol–water partition coefficient (Wildman–Crippen LogP) is 3.08. The molecule has 2 N–H and O–H groups in total. The standard InChI is InChI=1S/C17H20FN3O2S/c18-13-4-1-2-5-14(13)20-17(22)19-12-15(16-6-3-11-24-16)21-7-9-23-10-8-21/h1-6,11,15H,7-10,12H2,(H2,19,20,22). The zero-order valence-electron chi connectivity index (χ0n) is 13.2. The summed E-state index contributed by atoms with van der Waals surface area (Å²) in [6, 6.07) is 9.89. The number of anilines is 1. The number of nitrogens with zero attached hydrogens (tertiary/aromatic N) is 1. The Morgan fingerprint density at radius 2 is 2.04 bits per heavy atom. The van der Waals surface area contributed by atoms with E-state index in [-0.39, 0.29) is 11.7 Å². The number of carbonyl (C=O) groups is 1. The monoisotopic (exact) mass is 349 g/mol. The summed E-state index contributed by atoms with van der Waals surface area (Å²) in [4.78, 5) is 15.6. The van der Waals surface area contributed by atoms with Crippen LogP contribution in [0.15, 0.2) is 41.8 Å². The molecular weight excluding hydrogens is 329 g/mol. The molecule has 1 aliphatic rings. The number of carbonyl (C=O) groups excluding carboxylic acids is 1. The Hall–Kier alpha value is -1.96. The molecule has 7 heteroatoms. The lowest BCUT2D eigenvalue weighted by Crippen LogP contribution is -2.44. The number of hydrogen-bond acceptors (Lipinski definition) is 4. The van der Waals surface area contributed by atoms with Crippen molar-refractivity contribution in [3.05, 3.63) is 52.5 Å². The molecule has 0 saturated carbocycles. The Morgan fingerprint density at radius 3 is 2.75 bits per heavy atom. The van der Waals surface area contributed by atoms with Crippen LogP contribution in [0, 0.1) is 5.82 Å². The van der Waals surface area contributed by atoms with Gasteiger partial charge in [-0.3, -0.25) is 4.90 Å². The van der Waals surface area contributed by atoms with E-state index in [2.05, 4.69) is 21.6 Å². The summed E-state index contributed by atoms with van der Waals surface area (Å²) in [5, 5.41) is 7.43. The number of morpholine rings is 1. The molecule has 1 fully saturated rings. The lowest BCUT2D eigenvalue weighted by atomic mass is 10.2. The van der Waals surface area contributed by atoms with Gasteiger partial charge in [-0.15, -0.1) is 11.3 Å². The van der Waals surface area contributed by atoms with Gasteiger partial charge in [0.2, 0.25) is 0 Å². The molecule has 128 valence electrons. The van der Waals surface area contributed by atoms with E-state index < -0.39 is 11.8 Å². The Morgan fingerprint density at radius 1 is 1.25 bits per heavy atom. The number of urea groups is 1. The summed E-state index contributed by atoms with van der Waals surface area (Å²) in [7, 11) is 0. The quantitative estimate of drug-likeness (QED) is 0.872. The number of benzene rings is 1. The third-order valence-corrected chi connectivity index (χ3v) is 4.91. The Balaban J connectivity index is 1.61. The summed E-state index contributed by atoms with van der Waals surface area (Å²) < 4.78 is 19.0. The fourth-order valence-corrected chi connectivity index (χ4v) is 3.56. The van der Waals surface area contributed by atoms with Gasteiger partial charge in [0.15, 0.2) is 0 Å². The normalized spacial score (nSPS) is 16.5. The maximum absolute atomic E-state index is 13.6. The van der Waals surface area contributed by atoms with Gasteiger partial charge in [0.05, 0.1) is 24.9 Å². The molecule has 0 radical (unpaired) electrons. The van der Waals surface area contributed by atoms with Crippen LogP contribution in [0.5, 0.6) is 0 Å². The number of rotatable bonds is 5. The predicted molar refractivity (Wildman–Crippen MR) is 92.9 cm³/mol. The molecule has 0 spiro atoms. The van der Waals surface area contributed by atoms with Crippen LogP contribution in [0.25, 0.3) is 0 Å². The van der Waals surface area contributed by atoms with Gasteiger partial charge in [0.1, 0.15) is 5.82 Å². The molecule has 1 aliphatic heterocycles. The lowest BCUT2D eigenvalue weighted by Gasteiger charge is -2.34. The number of halogens is 1. The molecule has 5 nitrogen and oxygen atoms in total. The summed E-state index contributed by atoms with van der Waals surface area (Å²) in [5.41, 5.74) is 0.175. The second kappa shape index (κ2) is 8.23. The van der Waals surface area contributed by atoms with Crippen LogP contribution in [0.2, 0.25) is 0 Å². The molecular formula is C17H20FN3O2S. The maximum Gasteiger partial charge on any atom is 0.319 e. The number of amides is 2. The number of thiophene rings is 1. The molecule has 1 saturated heterocycles. The number of ether oxygens (including phenoxy) is 1. The van der Waals surface area contributed by atoms with Crippen LogP contribution in [-0.2, 0) is 4.74 Å². The van der Waals surface area contributed by atoms with Crippen molar-refractivity contribution in [1.29, 1.82) is 0 Å². The van der Waals surface area contributed by atoms with E-state index in [9.17, 15) is 9.18 Å². The summed E-state index contributed by atoms with van der Waals surface area (Å²) >= 11 is 1.67. The second-order valence-corrected chi connectivity index (χ2v) is 6.47. The van der Waals surface area contributed by atoms with Gasteiger partial charge in [-0.1, -0.05) is 18.2 Å². The molecule has 1 unspecified atom stereocenters. The van der Waals surface area contributed by atoms with Gasteiger partial charge in [-0.2, -0.15) is 0 Å². The van der Waals surface area contributed by atoms with Gasteiger partial charge in [0, 0.05) is 24.5 Å². The highest BCUT2D eigenvalue weighted by molar-refractivity contribution is 7.10. The van der Waals surface area contributed by atoms with Gasteiger partial charge in [-0.05, 0) is 23.6 Å². The van der Waals surface area contributed by atoms with Gasteiger partial charge >= 0.3 is 6.03 Å². The zero-order chi connectivity index (χ0) is 16.8. The topological polar surface area (TPSA) is 53.6 Å². The minimum atomic E-state index is -0.448. The largest absolute Gasteiger partial charge is 0.379 e. The van der Waals surface area contributed by atoms with Gasteiger partial charge in [0.25, 0.3) is 0 Å². The lowest BCUT2D eigenvalue weighted by molar-refractivity contribution is 0.0175. The molecule has 3 rings (SSSR count). The van der Waals surface area contributed by atoms with E-state index in [1.54, 1.807) is 23.5 Å². The van der Waals surface area contributed by atoms with Crippen molar-refractivity contribution in [2.75, 3.05) is 38.2 Å². The zero-order valence-corrected chi connectivity index (χ0v) is 14.0. The van der Waals surface area contributed by atoms with Gasteiger partial charge < -0.3 is 15.4 Å². The summed E-state index contributed by atoms with van der Waals surface area (Å²) in [5.74, 6) is -0.448. The van der Waals surface area contributed by atoms with Crippen LogP contribution in [0.4, 0.5) is 14.9 Å². The number of para-hydroxylation sites is 1. The average Bonchev–Trinajstić information content (AvgIpc) is 3.12. The number of nitrogens with one attached hydrogen (secondary N) is 2. The third kappa shape index (κ3) is 4.31. The van der Waals surface area contributed by atoms with Crippen molar-refractivity contribution in [2.45, 2.75) is 6.04 Å². The molecule has 1 aromatic carbocycles. The van der Waals surface area contributed by atoms with E-state index in [0.717, 1.165) is 13.1 Å². The van der Waals surface area contributed by atoms with Crippen LogP contribution >= 0.6 is 11.3 Å². The van der Waals surface area contributed by atoms with E-state index >= 15 is 0 Å². The Labute approximate surface area is 144 Å². The van der Waals surface area contributed by atoms with Crippen LogP contribution < -0.4 is 10.6 Å².